The van der Waals surface area contributed by atoms with E-state index < -0.39 is 0 Å². The number of anilines is 1. The standard InChI is InChI=1S/C23H30ClN5OS/c1-15(2)25-12-19(17-4-6-18(24)7-5-17)23(30)29-10-8-28(9-11-29)22-21-16(3)31-13-20(21)26-14-27-22/h4-7,14-16,19,25H,8-13H2,1-3H3/t16-,19?/m1/s1. The first-order valence-electron chi connectivity index (χ1n) is 10.9. The van der Waals surface area contributed by atoms with Gasteiger partial charge >= 0.3 is 0 Å². The van der Waals surface area contributed by atoms with Crippen LogP contribution < -0.4 is 10.2 Å². The first-order valence-corrected chi connectivity index (χ1v) is 12.3. The molecular formula is C23H30ClN5OS. The highest BCUT2D eigenvalue weighted by Crippen LogP contribution is 2.44. The van der Waals surface area contributed by atoms with Gasteiger partial charge < -0.3 is 15.1 Å². The molecule has 0 aliphatic carbocycles. The van der Waals surface area contributed by atoms with Crippen LogP contribution in [0.15, 0.2) is 30.6 Å². The van der Waals surface area contributed by atoms with Crippen molar-refractivity contribution in [3.8, 4) is 0 Å². The fourth-order valence-electron chi connectivity index (χ4n) is 4.25. The molecule has 1 N–H and O–H groups in total. The van der Waals surface area contributed by atoms with Crippen LogP contribution in [0, 0.1) is 0 Å². The van der Waals surface area contributed by atoms with E-state index in [1.165, 1.54) is 5.56 Å². The van der Waals surface area contributed by atoms with Gasteiger partial charge in [-0.05, 0) is 24.6 Å². The Balaban J connectivity index is 1.46. The van der Waals surface area contributed by atoms with E-state index in [1.54, 1.807) is 6.33 Å². The second kappa shape index (κ2) is 9.76. The van der Waals surface area contributed by atoms with E-state index in [-0.39, 0.29) is 11.8 Å². The van der Waals surface area contributed by atoms with Crippen LogP contribution >= 0.6 is 23.4 Å². The molecule has 31 heavy (non-hydrogen) atoms. The molecule has 2 aromatic rings. The number of carbonyl (C=O) groups excluding carboxylic acids is 1. The second-order valence-corrected chi connectivity index (χ2v) is 10.3. The largest absolute Gasteiger partial charge is 0.353 e. The van der Waals surface area contributed by atoms with Gasteiger partial charge in [0.05, 0.1) is 11.6 Å². The number of fused-ring (bicyclic) bond motifs is 1. The van der Waals surface area contributed by atoms with Crippen molar-refractivity contribution in [2.24, 2.45) is 0 Å². The van der Waals surface area contributed by atoms with Gasteiger partial charge in [0.1, 0.15) is 12.1 Å². The maximum atomic E-state index is 13.5. The van der Waals surface area contributed by atoms with Gasteiger partial charge in [0.2, 0.25) is 5.91 Å². The van der Waals surface area contributed by atoms with Crippen molar-refractivity contribution in [2.45, 2.75) is 43.7 Å². The number of piperazine rings is 1. The van der Waals surface area contributed by atoms with Crippen LogP contribution in [0.4, 0.5) is 5.82 Å². The van der Waals surface area contributed by atoms with Gasteiger partial charge in [-0.15, -0.1) is 11.8 Å². The number of hydrogen-bond donors (Lipinski definition) is 1. The van der Waals surface area contributed by atoms with Crippen molar-refractivity contribution in [1.29, 1.82) is 0 Å². The topological polar surface area (TPSA) is 61.4 Å². The van der Waals surface area contributed by atoms with Gasteiger partial charge in [0, 0.05) is 60.4 Å². The Kier molecular flexibility index (Phi) is 7.04. The molecule has 0 radical (unpaired) electrons. The zero-order valence-electron chi connectivity index (χ0n) is 18.3. The van der Waals surface area contributed by atoms with Crippen LogP contribution in [-0.2, 0) is 10.5 Å². The second-order valence-electron chi connectivity index (χ2n) is 8.49. The predicted molar refractivity (Wildman–Crippen MR) is 128 cm³/mol. The summed E-state index contributed by atoms with van der Waals surface area (Å²) >= 11 is 7.98. The van der Waals surface area contributed by atoms with Crippen LogP contribution in [0.5, 0.6) is 0 Å². The van der Waals surface area contributed by atoms with Crippen molar-refractivity contribution in [3.05, 3.63) is 52.4 Å². The minimum absolute atomic E-state index is 0.173. The lowest BCUT2D eigenvalue weighted by Gasteiger charge is -2.38. The fourth-order valence-corrected chi connectivity index (χ4v) is 5.42. The molecule has 1 aromatic carbocycles. The summed E-state index contributed by atoms with van der Waals surface area (Å²) in [6.45, 7) is 10.0. The number of hydrogen-bond acceptors (Lipinski definition) is 6. The van der Waals surface area contributed by atoms with Crippen LogP contribution in [0.25, 0.3) is 0 Å². The summed E-state index contributed by atoms with van der Waals surface area (Å²) in [4.78, 5) is 26.9. The summed E-state index contributed by atoms with van der Waals surface area (Å²) in [5.41, 5.74) is 3.43. The number of thioether (sulfide) groups is 1. The Morgan fingerprint density at radius 3 is 2.58 bits per heavy atom. The van der Waals surface area contributed by atoms with Crippen LogP contribution in [0.3, 0.4) is 0 Å². The van der Waals surface area contributed by atoms with E-state index in [1.807, 2.05) is 40.9 Å². The molecule has 0 spiro atoms. The average molecular weight is 460 g/mol. The number of benzene rings is 1. The van der Waals surface area contributed by atoms with E-state index in [2.05, 4.69) is 41.0 Å². The number of carbonyl (C=O) groups is 1. The summed E-state index contributed by atoms with van der Waals surface area (Å²) in [6, 6.07) is 7.97. The number of nitrogens with zero attached hydrogens (tertiary/aromatic N) is 4. The van der Waals surface area contributed by atoms with E-state index >= 15 is 0 Å². The molecule has 1 fully saturated rings. The molecule has 6 nitrogen and oxygen atoms in total. The summed E-state index contributed by atoms with van der Waals surface area (Å²) in [5.74, 6) is 1.96. The number of nitrogens with one attached hydrogen (secondary N) is 1. The predicted octanol–water partition coefficient (Wildman–Crippen LogP) is 3.87. The summed E-state index contributed by atoms with van der Waals surface area (Å²) in [6.07, 6.45) is 1.68. The normalized spacial score (nSPS) is 19.6. The zero-order chi connectivity index (χ0) is 22.0. The highest BCUT2D eigenvalue weighted by atomic mass is 35.5. The molecule has 1 amide bonds. The summed E-state index contributed by atoms with van der Waals surface area (Å²) < 4.78 is 0. The maximum Gasteiger partial charge on any atom is 0.231 e. The Hall–Kier alpha value is -1.83. The van der Waals surface area contributed by atoms with E-state index in [9.17, 15) is 4.79 Å². The smallest absolute Gasteiger partial charge is 0.231 e. The van der Waals surface area contributed by atoms with Crippen LogP contribution in [0.2, 0.25) is 5.02 Å². The van der Waals surface area contributed by atoms with Crippen LogP contribution in [-0.4, -0.2) is 59.5 Å². The first-order chi connectivity index (χ1) is 14.9. The Morgan fingerprint density at radius 2 is 1.90 bits per heavy atom. The highest BCUT2D eigenvalue weighted by molar-refractivity contribution is 7.99. The Morgan fingerprint density at radius 1 is 1.19 bits per heavy atom. The van der Waals surface area contributed by atoms with Gasteiger partial charge in [0.15, 0.2) is 0 Å². The Bertz CT molecular complexity index is 915. The molecule has 1 aromatic heterocycles. The summed E-state index contributed by atoms with van der Waals surface area (Å²) in [5, 5.41) is 4.54. The third-order valence-electron chi connectivity index (χ3n) is 6.01. The maximum absolute atomic E-state index is 13.5. The van der Waals surface area contributed by atoms with E-state index in [4.69, 9.17) is 11.6 Å². The molecular weight excluding hydrogens is 430 g/mol. The van der Waals surface area contributed by atoms with Crippen molar-refractivity contribution >= 4 is 35.1 Å². The van der Waals surface area contributed by atoms with Gasteiger partial charge in [-0.25, -0.2) is 9.97 Å². The molecule has 8 heteroatoms. The molecule has 1 unspecified atom stereocenters. The lowest BCUT2D eigenvalue weighted by Crippen LogP contribution is -2.51. The SMILES string of the molecule is CC(C)NCC(C(=O)N1CCN(c2ncnc3c2[C@@H](C)SC3)CC1)c1ccc(Cl)cc1. The van der Waals surface area contributed by atoms with E-state index in [0.29, 0.717) is 35.9 Å². The average Bonchev–Trinajstić information content (AvgIpc) is 3.16. The minimum Gasteiger partial charge on any atom is -0.353 e. The zero-order valence-corrected chi connectivity index (χ0v) is 19.9. The third kappa shape index (κ3) is 4.99. The summed E-state index contributed by atoms with van der Waals surface area (Å²) in [7, 11) is 0. The van der Waals surface area contributed by atoms with Gasteiger partial charge in [-0.2, -0.15) is 0 Å². The quantitative estimate of drug-likeness (QED) is 0.707. The van der Waals surface area contributed by atoms with Crippen molar-refractivity contribution in [3.63, 3.8) is 0 Å². The lowest BCUT2D eigenvalue weighted by atomic mass is 9.96. The molecule has 3 heterocycles. The van der Waals surface area contributed by atoms with Crippen molar-refractivity contribution in [1.82, 2.24) is 20.2 Å². The van der Waals surface area contributed by atoms with Gasteiger partial charge in [-0.3, -0.25) is 4.79 Å². The highest BCUT2D eigenvalue weighted by Gasteiger charge is 2.32. The third-order valence-corrected chi connectivity index (χ3v) is 7.44. The van der Waals surface area contributed by atoms with Crippen molar-refractivity contribution < 1.29 is 4.79 Å². The lowest BCUT2D eigenvalue weighted by molar-refractivity contribution is -0.133. The van der Waals surface area contributed by atoms with Crippen molar-refractivity contribution in [2.75, 3.05) is 37.6 Å². The van der Waals surface area contributed by atoms with E-state index in [0.717, 1.165) is 35.9 Å². The number of rotatable bonds is 6. The number of aromatic nitrogens is 2. The Labute approximate surface area is 193 Å². The van der Waals surface area contributed by atoms with Gasteiger partial charge in [-0.1, -0.05) is 37.6 Å². The number of halogens is 1. The molecule has 166 valence electrons. The first kappa shape index (κ1) is 22.4. The molecule has 2 atom stereocenters. The van der Waals surface area contributed by atoms with Crippen LogP contribution in [0.1, 0.15) is 48.8 Å². The molecule has 0 bridgehead atoms. The molecule has 2 aliphatic heterocycles. The molecule has 4 rings (SSSR count). The fraction of sp³-hybridized carbons (Fsp3) is 0.522. The monoisotopic (exact) mass is 459 g/mol. The van der Waals surface area contributed by atoms with Gasteiger partial charge in [0.25, 0.3) is 0 Å². The minimum atomic E-state index is -0.217. The molecule has 0 saturated carbocycles. The molecule has 1 saturated heterocycles. The molecule has 2 aliphatic rings. The number of amides is 1.